The van der Waals surface area contributed by atoms with E-state index >= 15 is 0 Å². The molecular weight excluding hydrogens is 414 g/mol. The van der Waals surface area contributed by atoms with E-state index < -0.39 is 5.41 Å². The van der Waals surface area contributed by atoms with Crippen molar-refractivity contribution in [2.75, 3.05) is 0 Å². The Bertz CT molecular complexity index is 1320. The van der Waals surface area contributed by atoms with Gasteiger partial charge in [0, 0.05) is 35.8 Å². The molecule has 1 unspecified atom stereocenters. The van der Waals surface area contributed by atoms with Gasteiger partial charge in [-0.25, -0.2) is 0 Å². The van der Waals surface area contributed by atoms with Crippen LogP contribution in [0, 0.1) is 11.3 Å². The monoisotopic (exact) mass is 441 g/mol. The number of hydrogen-bond donors (Lipinski definition) is 2. The summed E-state index contributed by atoms with van der Waals surface area (Å²) < 4.78 is 1.72. The van der Waals surface area contributed by atoms with Gasteiger partial charge in [0.2, 0.25) is 0 Å². The van der Waals surface area contributed by atoms with E-state index in [2.05, 4.69) is 51.1 Å². The first-order valence-corrected chi connectivity index (χ1v) is 11.2. The molecule has 33 heavy (non-hydrogen) atoms. The topological polar surface area (TPSA) is 107 Å². The maximum absolute atomic E-state index is 13.6. The van der Waals surface area contributed by atoms with Crippen LogP contribution in [0.5, 0.6) is 0 Å². The quantitative estimate of drug-likeness (QED) is 0.755. The number of aryl methyl sites for hydroxylation is 1. The number of fused-ring (bicyclic) bond motifs is 1. The van der Waals surface area contributed by atoms with Crippen molar-refractivity contribution in [3.8, 4) is 17.3 Å². The van der Waals surface area contributed by atoms with Gasteiger partial charge >= 0.3 is 0 Å². The minimum atomic E-state index is -0.680. The number of nitrogens with one attached hydrogen (secondary N) is 2. The van der Waals surface area contributed by atoms with Crippen LogP contribution in [0.2, 0.25) is 0 Å². The number of carbonyl (C=O) groups is 1. The molecule has 2 N–H and O–H groups in total. The van der Waals surface area contributed by atoms with Crippen LogP contribution in [0.4, 0.5) is 0 Å². The number of amides is 1. The maximum Gasteiger partial charge on any atom is 0.250 e. The highest BCUT2D eigenvalue weighted by Crippen LogP contribution is 2.53. The van der Waals surface area contributed by atoms with Crippen LogP contribution in [-0.4, -0.2) is 27.4 Å². The summed E-state index contributed by atoms with van der Waals surface area (Å²) in [6, 6.07) is 10.3. The highest BCUT2D eigenvalue weighted by molar-refractivity contribution is 6.00. The first-order chi connectivity index (χ1) is 15.7. The van der Waals surface area contributed by atoms with E-state index in [0.29, 0.717) is 18.4 Å². The Balaban J connectivity index is 1.79. The molecule has 3 aliphatic heterocycles. The molecule has 0 aliphatic carbocycles. The van der Waals surface area contributed by atoms with E-state index in [-0.39, 0.29) is 17.6 Å². The Kier molecular flexibility index (Phi) is 4.57. The average molecular weight is 442 g/mol. The molecule has 8 heteroatoms. The molecule has 1 amide bonds. The molecule has 0 fully saturated rings. The zero-order valence-corrected chi connectivity index (χ0v) is 19.5. The molecule has 1 aromatic heterocycles. The number of aromatic nitrogens is 2. The van der Waals surface area contributed by atoms with Gasteiger partial charge in [-0.3, -0.25) is 9.48 Å². The number of carbonyl (C=O) groups excluding carboxylic acids is 1. The SMILES string of the molecule is CC[C@]1(c2cccc(-c3c(C#N)cnn3C)c2)C2=C(CC(C)(C)NC2=O)NC2N=NC(C)=C21. The summed E-state index contributed by atoms with van der Waals surface area (Å²) >= 11 is 0. The lowest BCUT2D eigenvalue weighted by atomic mass is 9.61. The van der Waals surface area contributed by atoms with E-state index in [1.165, 1.54) is 0 Å². The Morgan fingerprint density at radius 3 is 2.85 bits per heavy atom. The molecule has 0 saturated heterocycles. The van der Waals surface area contributed by atoms with E-state index in [9.17, 15) is 10.1 Å². The lowest BCUT2D eigenvalue weighted by molar-refractivity contribution is -0.120. The van der Waals surface area contributed by atoms with Crippen LogP contribution in [0.3, 0.4) is 0 Å². The van der Waals surface area contributed by atoms with Crippen molar-refractivity contribution < 1.29 is 4.79 Å². The second-order valence-electron chi connectivity index (χ2n) is 9.61. The van der Waals surface area contributed by atoms with Crippen molar-refractivity contribution in [1.82, 2.24) is 20.4 Å². The molecule has 0 radical (unpaired) electrons. The molecule has 8 nitrogen and oxygen atoms in total. The third-order valence-electron chi connectivity index (χ3n) is 7.00. The van der Waals surface area contributed by atoms with Crippen molar-refractivity contribution in [2.24, 2.45) is 17.3 Å². The summed E-state index contributed by atoms with van der Waals surface area (Å²) in [5.41, 5.74) is 5.63. The summed E-state index contributed by atoms with van der Waals surface area (Å²) in [4.78, 5) is 13.6. The highest BCUT2D eigenvalue weighted by atomic mass is 16.2. The van der Waals surface area contributed by atoms with E-state index in [1.54, 1.807) is 10.9 Å². The fourth-order valence-corrected chi connectivity index (χ4v) is 5.72. The zero-order chi connectivity index (χ0) is 23.5. The van der Waals surface area contributed by atoms with Crippen LogP contribution in [0.15, 0.2) is 63.2 Å². The van der Waals surface area contributed by atoms with Gasteiger partial charge in [0.15, 0.2) is 6.17 Å². The molecule has 2 atom stereocenters. The van der Waals surface area contributed by atoms with Crippen LogP contribution in [-0.2, 0) is 17.3 Å². The molecule has 5 rings (SSSR count). The van der Waals surface area contributed by atoms with Crippen LogP contribution >= 0.6 is 0 Å². The van der Waals surface area contributed by atoms with Crippen molar-refractivity contribution in [2.45, 2.75) is 57.7 Å². The van der Waals surface area contributed by atoms with Gasteiger partial charge in [-0.1, -0.05) is 25.1 Å². The number of rotatable bonds is 3. The molecule has 3 aliphatic rings. The Labute approximate surface area is 193 Å². The molecule has 168 valence electrons. The molecule has 0 bridgehead atoms. The summed E-state index contributed by atoms with van der Waals surface area (Å²) in [6.07, 6.45) is 2.65. The second-order valence-corrected chi connectivity index (χ2v) is 9.61. The highest BCUT2D eigenvalue weighted by Gasteiger charge is 2.54. The van der Waals surface area contributed by atoms with Crippen molar-refractivity contribution >= 4 is 5.91 Å². The van der Waals surface area contributed by atoms with Crippen molar-refractivity contribution in [1.29, 1.82) is 5.26 Å². The standard InChI is InChI=1S/C25H27N7O/c1-6-25(17-9-7-8-15(10-17)21-16(12-26)13-27-32(21)5)19-14(2)30-31-22(19)28-18-11-24(3,4)29-23(33)20(18)25/h7-10,13,22,28H,6,11H2,1-5H3,(H,29,33)/t22?,25-/m1/s1. The summed E-state index contributed by atoms with van der Waals surface area (Å²) in [5, 5.41) is 29.5. The first-order valence-electron chi connectivity index (χ1n) is 11.2. The first kappa shape index (κ1) is 21.1. The molecule has 0 spiro atoms. The molecule has 4 heterocycles. The Hall–Kier alpha value is -3.73. The van der Waals surface area contributed by atoms with E-state index in [0.717, 1.165) is 39.4 Å². The lowest BCUT2D eigenvalue weighted by Gasteiger charge is -2.48. The maximum atomic E-state index is 13.6. The summed E-state index contributed by atoms with van der Waals surface area (Å²) in [7, 11) is 1.83. The third-order valence-corrected chi connectivity index (χ3v) is 7.00. The number of hydrogen-bond acceptors (Lipinski definition) is 6. The number of nitrogens with zero attached hydrogens (tertiary/aromatic N) is 5. The minimum Gasteiger partial charge on any atom is -0.362 e. The molecule has 1 aromatic carbocycles. The molecule has 2 aromatic rings. The normalized spacial score (nSPS) is 25.3. The summed E-state index contributed by atoms with van der Waals surface area (Å²) in [5.74, 6) is -0.0649. The Morgan fingerprint density at radius 2 is 2.12 bits per heavy atom. The lowest BCUT2D eigenvalue weighted by Crippen LogP contribution is -2.58. The number of allylic oxidation sites excluding steroid dienone is 1. The minimum absolute atomic E-state index is 0.0649. The van der Waals surface area contributed by atoms with Gasteiger partial charge in [0.25, 0.3) is 5.91 Å². The molecule has 0 saturated carbocycles. The largest absolute Gasteiger partial charge is 0.362 e. The van der Waals surface area contributed by atoms with Gasteiger partial charge in [-0.15, -0.1) is 0 Å². The van der Waals surface area contributed by atoms with Gasteiger partial charge in [0.1, 0.15) is 6.07 Å². The third kappa shape index (κ3) is 2.95. The van der Waals surface area contributed by atoms with Crippen molar-refractivity contribution in [3.05, 3.63) is 64.1 Å². The second kappa shape index (κ2) is 7.14. The Morgan fingerprint density at radius 1 is 1.33 bits per heavy atom. The smallest absolute Gasteiger partial charge is 0.250 e. The fourth-order valence-electron chi connectivity index (χ4n) is 5.72. The van der Waals surface area contributed by atoms with Gasteiger partial charge in [0.05, 0.1) is 34.1 Å². The number of azo groups is 1. The van der Waals surface area contributed by atoms with E-state index in [4.69, 9.17) is 0 Å². The number of benzene rings is 1. The van der Waals surface area contributed by atoms with Gasteiger partial charge < -0.3 is 10.6 Å². The molecular formula is C25H27N7O. The van der Waals surface area contributed by atoms with Crippen LogP contribution in [0.1, 0.15) is 51.7 Å². The van der Waals surface area contributed by atoms with E-state index in [1.807, 2.05) is 40.0 Å². The van der Waals surface area contributed by atoms with Gasteiger partial charge in [-0.2, -0.15) is 20.6 Å². The number of nitriles is 1. The van der Waals surface area contributed by atoms with Crippen molar-refractivity contribution in [3.63, 3.8) is 0 Å². The predicted octanol–water partition coefficient (Wildman–Crippen LogP) is 3.83. The average Bonchev–Trinajstić information content (AvgIpc) is 3.33. The van der Waals surface area contributed by atoms with Gasteiger partial charge in [-0.05, 0) is 38.8 Å². The summed E-state index contributed by atoms with van der Waals surface area (Å²) in [6.45, 7) is 8.13. The zero-order valence-electron chi connectivity index (χ0n) is 19.5. The van der Waals surface area contributed by atoms with Crippen LogP contribution < -0.4 is 10.6 Å². The fraction of sp³-hybridized carbons (Fsp3) is 0.400. The predicted molar refractivity (Wildman–Crippen MR) is 124 cm³/mol. The van der Waals surface area contributed by atoms with Crippen LogP contribution in [0.25, 0.3) is 11.3 Å².